The summed E-state index contributed by atoms with van der Waals surface area (Å²) >= 11 is 0. The van der Waals surface area contributed by atoms with E-state index in [0.29, 0.717) is 6.54 Å². The Morgan fingerprint density at radius 2 is 2.38 bits per heavy atom. The first-order chi connectivity index (χ1) is 10.2. The van der Waals surface area contributed by atoms with Gasteiger partial charge in [-0.25, -0.2) is 0 Å². The molecular formula is C15H24N4O2. The van der Waals surface area contributed by atoms with Crippen molar-refractivity contribution in [2.45, 2.75) is 37.6 Å². The second kappa shape index (κ2) is 7.47. The number of aromatic nitrogens is 2. The molecule has 2 N–H and O–H groups in total. The normalized spacial score (nSPS) is 22.4. The molecule has 6 heteroatoms. The van der Waals surface area contributed by atoms with Gasteiger partial charge in [0.25, 0.3) is 0 Å². The maximum absolute atomic E-state index is 12.4. The predicted molar refractivity (Wildman–Crippen MR) is 79.7 cm³/mol. The Morgan fingerprint density at radius 3 is 3.05 bits per heavy atom. The van der Waals surface area contributed by atoms with E-state index in [1.165, 1.54) is 0 Å². The SMILES string of the molecule is CNC(=O)[C@@]1(CCCc2cnccn2)CCCN1CCO. The minimum Gasteiger partial charge on any atom is -0.395 e. The van der Waals surface area contributed by atoms with E-state index in [9.17, 15) is 9.90 Å². The van der Waals surface area contributed by atoms with Gasteiger partial charge in [-0.15, -0.1) is 0 Å². The molecule has 1 atom stereocenters. The highest BCUT2D eigenvalue weighted by Crippen LogP contribution is 2.34. The Kier molecular flexibility index (Phi) is 5.64. The molecular weight excluding hydrogens is 268 g/mol. The quantitative estimate of drug-likeness (QED) is 0.759. The number of likely N-dealkylation sites (tertiary alicyclic amines) is 1. The summed E-state index contributed by atoms with van der Waals surface area (Å²) in [5.74, 6) is 0.0626. The lowest BCUT2D eigenvalue weighted by molar-refractivity contribution is -0.132. The zero-order chi connectivity index (χ0) is 15.1. The van der Waals surface area contributed by atoms with Crippen LogP contribution in [0.4, 0.5) is 0 Å². The van der Waals surface area contributed by atoms with Crippen LogP contribution < -0.4 is 5.32 Å². The first kappa shape index (κ1) is 15.9. The Bertz CT molecular complexity index is 454. The first-order valence-electron chi connectivity index (χ1n) is 7.56. The molecule has 0 radical (unpaired) electrons. The number of carbonyl (C=O) groups is 1. The first-order valence-corrected chi connectivity index (χ1v) is 7.56. The van der Waals surface area contributed by atoms with Crippen molar-refractivity contribution in [3.63, 3.8) is 0 Å². The van der Waals surface area contributed by atoms with Gasteiger partial charge >= 0.3 is 0 Å². The third kappa shape index (κ3) is 3.57. The molecule has 0 spiro atoms. The van der Waals surface area contributed by atoms with Crippen molar-refractivity contribution >= 4 is 5.91 Å². The monoisotopic (exact) mass is 292 g/mol. The molecule has 2 heterocycles. The fourth-order valence-electron chi connectivity index (χ4n) is 3.29. The smallest absolute Gasteiger partial charge is 0.240 e. The lowest BCUT2D eigenvalue weighted by Gasteiger charge is -2.36. The number of aliphatic hydroxyl groups excluding tert-OH is 1. The minimum absolute atomic E-state index is 0.0626. The van der Waals surface area contributed by atoms with Crippen LogP contribution in [0.5, 0.6) is 0 Å². The number of rotatable bonds is 7. The van der Waals surface area contributed by atoms with Crippen LogP contribution in [-0.4, -0.2) is 58.2 Å². The highest BCUT2D eigenvalue weighted by Gasteiger charge is 2.45. The molecule has 116 valence electrons. The number of aliphatic hydroxyl groups is 1. The van der Waals surface area contributed by atoms with Crippen molar-refractivity contribution in [3.8, 4) is 0 Å². The van der Waals surface area contributed by atoms with Crippen molar-refractivity contribution < 1.29 is 9.90 Å². The van der Waals surface area contributed by atoms with Gasteiger partial charge in [-0.1, -0.05) is 0 Å². The number of likely N-dealkylation sites (N-methyl/N-ethyl adjacent to an activating group) is 1. The van der Waals surface area contributed by atoms with Crippen LogP contribution in [0.3, 0.4) is 0 Å². The number of aryl methyl sites for hydroxylation is 1. The number of hydrogen-bond acceptors (Lipinski definition) is 5. The van der Waals surface area contributed by atoms with Gasteiger partial charge < -0.3 is 10.4 Å². The van der Waals surface area contributed by atoms with Gasteiger partial charge in [0.05, 0.1) is 12.3 Å². The highest BCUT2D eigenvalue weighted by molar-refractivity contribution is 5.86. The van der Waals surface area contributed by atoms with E-state index >= 15 is 0 Å². The topological polar surface area (TPSA) is 78.4 Å². The van der Waals surface area contributed by atoms with Gasteiger partial charge in [0, 0.05) is 32.2 Å². The highest BCUT2D eigenvalue weighted by atomic mass is 16.3. The molecule has 1 saturated heterocycles. The number of β-amino-alcohol motifs (C(OH)–C–C–N with tert-alkyl or cyclic N) is 1. The third-order valence-corrected chi connectivity index (χ3v) is 4.28. The molecule has 1 aromatic heterocycles. The molecule has 0 aliphatic carbocycles. The Labute approximate surface area is 125 Å². The summed E-state index contributed by atoms with van der Waals surface area (Å²) in [5, 5.41) is 12.0. The fourth-order valence-corrected chi connectivity index (χ4v) is 3.29. The number of hydrogen-bond donors (Lipinski definition) is 2. The van der Waals surface area contributed by atoms with Crippen molar-refractivity contribution in [2.24, 2.45) is 0 Å². The maximum Gasteiger partial charge on any atom is 0.240 e. The van der Waals surface area contributed by atoms with Crippen LogP contribution in [0, 0.1) is 0 Å². The number of nitrogens with one attached hydrogen (secondary N) is 1. The molecule has 0 unspecified atom stereocenters. The number of amides is 1. The van der Waals surface area contributed by atoms with E-state index in [1.54, 1.807) is 25.6 Å². The van der Waals surface area contributed by atoms with Crippen LogP contribution in [0.2, 0.25) is 0 Å². The zero-order valence-electron chi connectivity index (χ0n) is 12.6. The van der Waals surface area contributed by atoms with Crippen LogP contribution in [0.25, 0.3) is 0 Å². The summed E-state index contributed by atoms with van der Waals surface area (Å²) in [6, 6.07) is 0. The minimum atomic E-state index is -0.473. The Balaban J connectivity index is 2.01. The standard InChI is InChI=1S/C15H24N4O2/c1-16-14(21)15(6-3-9-19(15)10-11-20)5-2-4-13-12-17-7-8-18-13/h7-8,12,20H,2-6,9-11H2,1H3,(H,16,21)/t15-/m1/s1. The van der Waals surface area contributed by atoms with E-state index in [0.717, 1.165) is 44.3 Å². The molecule has 1 aliphatic heterocycles. The summed E-state index contributed by atoms with van der Waals surface area (Å²) in [4.78, 5) is 22.9. The maximum atomic E-state index is 12.4. The molecule has 1 aliphatic rings. The third-order valence-electron chi connectivity index (χ3n) is 4.28. The lowest BCUT2D eigenvalue weighted by atomic mass is 9.88. The molecule has 6 nitrogen and oxygen atoms in total. The molecule has 1 aromatic rings. The number of nitrogens with zero attached hydrogens (tertiary/aromatic N) is 3. The Hall–Kier alpha value is -1.53. The second-order valence-electron chi connectivity index (χ2n) is 5.48. The fraction of sp³-hybridized carbons (Fsp3) is 0.667. The van der Waals surface area contributed by atoms with Crippen molar-refractivity contribution in [1.82, 2.24) is 20.2 Å². The lowest BCUT2D eigenvalue weighted by Crippen LogP contribution is -2.55. The van der Waals surface area contributed by atoms with E-state index in [4.69, 9.17) is 0 Å². The van der Waals surface area contributed by atoms with Crippen LogP contribution >= 0.6 is 0 Å². The summed E-state index contributed by atoms with van der Waals surface area (Å²) in [5.41, 5.74) is 0.482. The Morgan fingerprint density at radius 1 is 1.52 bits per heavy atom. The molecule has 1 amide bonds. The molecule has 0 saturated carbocycles. The predicted octanol–water partition coefficient (Wildman–Crippen LogP) is 0.372. The second-order valence-corrected chi connectivity index (χ2v) is 5.48. The van der Waals surface area contributed by atoms with Crippen molar-refractivity contribution in [2.75, 3.05) is 26.7 Å². The van der Waals surface area contributed by atoms with E-state index < -0.39 is 5.54 Å². The average Bonchev–Trinajstić information content (AvgIpc) is 2.92. The van der Waals surface area contributed by atoms with Gasteiger partial charge in [-0.3, -0.25) is 19.7 Å². The average molecular weight is 292 g/mol. The van der Waals surface area contributed by atoms with Crippen LogP contribution in [0.1, 0.15) is 31.4 Å². The summed E-state index contributed by atoms with van der Waals surface area (Å²) in [6.45, 7) is 1.51. The van der Waals surface area contributed by atoms with Gasteiger partial charge in [0.1, 0.15) is 5.54 Å². The number of carbonyl (C=O) groups excluding carboxylic acids is 1. The molecule has 1 fully saturated rings. The zero-order valence-corrected chi connectivity index (χ0v) is 12.6. The molecule has 0 aromatic carbocycles. The van der Waals surface area contributed by atoms with Gasteiger partial charge in [-0.05, 0) is 38.6 Å². The van der Waals surface area contributed by atoms with Crippen molar-refractivity contribution in [3.05, 3.63) is 24.3 Å². The summed E-state index contributed by atoms with van der Waals surface area (Å²) in [6.07, 6.45) is 9.46. The van der Waals surface area contributed by atoms with E-state index in [-0.39, 0.29) is 12.5 Å². The molecule has 21 heavy (non-hydrogen) atoms. The van der Waals surface area contributed by atoms with Gasteiger partial charge in [0.15, 0.2) is 0 Å². The molecule has 0 bridgehead atoms. The van der Waals surface area contributed by atoms with Crippen molar-refractivity contribution in [1.29, 1.82) is 0 Å². The molecule has 2 rings (SSSR count). The van der Waals surface area contributed by atoms with Gasteiger partial charge in [0.2, 0.25) is 5.91 Å². The van der Waals surface area contributed by atoms with Gasteiger partial charge in [-0.2, -0.15) is 0 Å². The van der Waals surface area contributed by atoms with Crippen LogP contribution in [0.15, 0.2) is 18.6 Å². The van der Waals surface area contributed by atoms with E-state index in [2.05, 4.69) is 20.2 Å². The summed E-state index contributed by atoms with van der Waals surface area (Å²) < 4.78 is 0. The largest absolute Gasteiger partial charge is 0.395 e. The van der Waals surface area contributed by atoms with E-state index in [1.807, 2.05) is 0 Å². The van der Waals surface area contributed by atoms with Crippen LogP contribution in [-0.2, 0) is 11.2 Å². The summed E-state index contributed by atoms with van der Waals surface area (Å²) in [7, 11) is 1.68.